The molecule has 0 bridgehead atoms. The molecule has 0 heterocycles. The second-order valence-corrected chi connectivity index (χ2v) is 7.12. The van der Waals surface area contributed by atoms with E-state index in [0.29, 0.717) is 32.9 Å². The molecule has 2 rings (SSSR count). The van der Waals surface area contributed by atoms with Crippen molar-refractivity contribution in [2.45, 2.75) is 13.8 Å². The van der Waals surface area contributed by atoms with E-state index in [-0.39, 0.29) is 5.75 Å². The first-order valence-electron chi connectivity index (χ1n) is 8.78. The van der Waals surface area contributed by atoms with Crippen LogP contribution in [-0.4, -0.2) is 36.9 Å². The first-order chi connectivity index (χ1) is 13.8. The number of hydrazone groups is 1. The quantitative estimate of drug-likeness (QED) is 0.219. The van der Waals surface area contributed by atoms with Crippen molar-refractivity contribution in [3.63, 3.8) is 0 Å². The number of aromatic hydroxyl groups is 1. The van der Waals surface area contributed by atoms with Gasteiger partial charge in [-0.3, -0.25) is 9.59 Å². The molecule has 2 aromatic carbocycles. The number of ether oxygens (including phenoxy) is 2. The Bertz CT molecular complexity index is 900. The largest absolute Gasteiger partial charge is 0.504 e. The zero-order chi connectivity index (χ0) is 21.4. The van der Waals surface area contributed by atoms with E-state index in [2.05, 4.69) is 15.8 Å². The Morgan fingerprint density at radius 3 is 2.55 bits per heavy atom. The van der Waals surface area contributed by atoms with Crippen LogP contribution in [0.15, 0.2) is 41.5 Å². The van der Waals surface area contributed by atoms with Gasteiger partial charge < -0.3 is 19.9 Å². The first-order valence-corrected chi connectivity index (χ1v) is 9.86. The van der Waals surface area contributed by atoms with E-state index >= 15 is 0 Å². The molecule has 3 N–H and O–H groups in total. The lowest BCUT2D eigenvalue weighted by Gasteiger charge is -2.11. The Labute approximate surface area is 182 Å². The average Bonchev–Trinajstić information content (AvgIpc) is 2.71. The molecule has 9 heteroatoms. The number of halogens is 1. The molecular weight excluding hydrogens is 489 g/mol. The lowest BCUT2D eigenvalue weighted by molar-refractivity contribution is -0.131. The number of carbonyl (C=O) groups excluding carboxylic acids is 2. The maximum absolute atomic E-state index is 12.2. The van der Waals surface area contributed by atoms with Gasteiger partial charge in [0.2, 0.25) is 5.91 Å². The number of hydrogen-bond acceptors (Lipinski definition) is 6. The lowest BCUT2D eigenvalue weighted by atomic mass is 10.1. The van der Waals surface area contributed by atoms with Crippen molar-refractivity contribution < 1.29 is 24.2 Å². The predicted molar refractivity (Wildman–Crippen MR) is 119 cm³/mol. The van der Waals surface area contributed by atoms with E-state index in [9.17, 15) is 14.7 Å². The molecule has 0 aliphatic carbocycles. The average molecular weight is 511 g/mol. The molecular formula is C20H22IN3O5. The van der Waals surface area contributed by atoms with E-state index in [4.69, 9.17) is 9.47 Å². The van der Waals surface area contributed by atoms with Gasteiger partial charge in [0.25, 0.3) is 5.91 Å². The molecule has 0 fully saturated rings. The number of hydrogen-bond donors (Lipinski definition) is 3. The highest BCUT2D eigenvalue weighted by Crippen LogP contribution is 2.32. The zero-order valence-electron chi connectivity index (χ0n) is 16.2. The highest BCUT2D eigenvalue weighted by molar-refractivity contribution is 14.1. The van der Waals surface area contributed by atoms with Gasteiger partial charge in [-0.25, -0.2) is 5.43 Å². The van der Waals surface area contributed by atoms with Crippen LogP contribution in [0.1, 0.15) is 19.4 Å². The van der Waals surface area contributed by atoms with Crippen LogP contribution < -0.4 is 20.2 Å². The normalized spacial score (nSPS) is 11.7. The van der Waals surface area contributed by atoms with Gasteiger partial charge in [-0.2, -0.15) is 5.10 Å². The second-order valence-electron chi connectivity index (χ2n) is 5.96. The summed E-state index contributed by atoms with van der Waals surface area (Å²) in [6.07, 6.45) is 1.41. The minimum absolute atomic E-state index is 0.0532. The maximum atomic E-state index is 12.2. The number of phenolic OH excluding ortho intramolecular Hbond substituents is 1. The Hall–Kier alpha value is -2.82. The Balaban J connectivity index is 1.95. The molecule has 1 atom stereocenters. The molecule has 0 saturated carbocycles. The minimum Gasteiger partial charge on any atom is -0.504 e. The van der Waals surface area contributed by atoms with E-state index in [1.54, 1.807) is 43.5 Å². The van der Waals surface area contributed by atoms with Gasteiger partial charge in [0, 0.05) is 5.69 Å². The summed E-state index contributed by atoms with van der Waals surface area (Å²) in [5.41, 5.74) is 3.53. The summed E-state index contributed by atoms with van der Waals surface area (Å²) >= 11 is 1.97. The molecule has 0 spiro atoms. The van der Waals surface area contributed by atoms with Gasteiger partial charge in [-0.05, 0) is 78.4 Å². The molecule has 0 aliphatic heterocycles. The molecule has 2 amide bonds. The standard InChI is InChI=1S/C20H22IN3O5/c1-4-29-17-10-13(9-16(21)18(17)25)11-22-24-20(27)12(2)19(26)23-14-5-7-15(28-3)8-6-14/h5-12,25H,4H2,1-3H3,(H,23,26)(H,24,27)/b22-11+. The lowest BCUT2D eigenvalue weighted by Crippen LogP contribution is -2.34. The summed E-state index contributed by atoms with van der Waals surface area (Å²) in [5.74, 6) is -0.906. The molecule has 8 nitrogen and oxygen atoms in total. The van der Waals surface area contributed by atoms with Gasteiger partial charge in [-0.15, -0.1) is 0 Å². The predicted octanol–water partition coefficient (Wildman–Crippen LogP) is 3.13. The highest BCUT2D eigenvalue weighted by Gasteiger charge is 2.21. The second kappa shape index (κ2) is 10.6. The maximum Gasteiger partial charge on any atom is 0.252 e. The molecule has 2 aromatic rings. The fourth-order valence-corrected chi connectivity index (χ4v) is 2.87. The number of benzene rings is 2. The van der Waals surface area contributed by atoms with E-state index in [1.165, 1.54) is 13.1 Å². The number of methoxy groups -OCH3 is 1. The number of nitrogens with zero attached hydrogens (tertiary/aromatic N) is 1. The van der Waals surface area contributed by atoms with E-state index < -0.39 is 17.7 Å². The topological polar surface area (TPSA) is 109 Å². The third kappa shape index (κ3) is 6.34. The van der Waals surface area contributed by atoms with Crippen molar-refractivity contribution in [3.05, 3.63) is 45.5 Å². The van der Waals surface area contributed by atoms with Crippen molar-refractivity contribution in [2.75, 3.05) is 19.0 Å². The van der Waals surface area contributed by atoms with Crippen LogP contribution in [0.2, 0.25) is 0 Å². The van der Waals surface area contributed by atoms with Gasteiger partial charge >= 0.3 is 0 Å². The summed E-state index contributed by atoms with van der Waals surface area (Å²) < 4.78 is 11.0. The third-order valence-corrected chi connectivity index (χ3v) is 4.71. The molecule has 0 aromatic heterocycles. The SMILES string of the molecule is CCOc1cc(/C=N/NC(=O)C(C)C(=O)Nc2ccc(OC)cc2)cc(I)c1O. The number of nitrogens with one attached hydrogen (secondary N) is 2. The van der Waals surface area contributed by atoms with Crippen LogP contribution in [0.25, 0.3) is 0 Å². The van der Waals surface area contributed by atoms with Gasteiger partial charge in [0.1, 0.15) is 11.7 Å². The molecule has 0 aliphatic rings. The van der Waals surface area contributed by atoms with Crippen LogP contribution in [0.3, 0.4) is 0 Å². The van der Waals surface area contributed by atoms with Crippen LogP contribution in [0.4, 0.5) is 5.69 Å². The summed E-state index contributed by atoms with van der Waals surface area (Å²) in [6, 6.07) is 10.1. The third-order valence-electron chi connectivity index (χ3n) is 3.88. The van der Waals surface area contributed by atoms with Crippen LogP contribution >= 0.6 is 22.6 Å². The van der Waals surface area contributed by atoms with E-state index in [0.717, 1.165) is 0 Å². The first kappa shape index (κ1) is 22.5. The molecule has 29 heavy (non-hydrogen) atoms. The summed E-state index contributed by atoms with van der Waals surface area (Å²) in [5, 5.41) is 16.5. The summed E-state index contributed by atoms with van der Waals surface area (Å²) in [6.45, 7) is 3.70. The van der Waals surface area contributed by atoms with Crippen molar-refractivity contribution in [3.8, 4) is 17.2 Å². The number of rotatable bonds is 8. The monoisotopic (exact) mass is 511 g/mol. The smallest absolute Gasteiger partial charge is 0.252 e. The van der Waals surface area contributed by atoms with Gasteiger partial charge in [-0.1, -0.05) is 0 Å². The van der Waals surface area contributed by atoms with E-state index in [1.807, 2.05) is 29.5 Å². The van der Waals surface area contributed by atoms with Gasteiger partial charge in [0.15, 0.2) is 11.5 Å². The highest BCUT2D eigenvalue weighted by atomic mass is 127. The zero-order valence-corrected chi connectivity index (χ0v) is 18.4. The fourth-order valence-electron chi connectivity index (χ4n) is 2.25. The van der Waals surface area contributed by atoms with Crippen molar-refractivity contribution in [1.82, 2.24) is 5.43 Å². The molecule has 154 valence electrons. The number of amides is 2. The van der Waals surface area contributed by atoms with Crippen LogP contribution in [0.5, 0.6) is 17.2 Å². The number of anilines is 1. The number of phenols is 1. The fraction of sp³-hybridized carbons (Fsp3) is 0.250. The summed E-state index contributed by atoms with van der Waals surface area (Å²) in [4.78, 5) is 24.4. The molecule has 0 radical (unpaired) electrons. The Morgan fingerprint density at radius 1 is 1.24 bits per heavy atom. The minimum atomic E-state index is -0.951. The van der Waals surface area contributed by atoms with Gasteiger partial charge in [0.05, 0.1) is 23.5 Å². The Kier molecular flexibility index (Phi) is 8.25. The van der Waals surface area contributed by atoms with Crippen LogP contribution in [0, 0.1) is 9.49 Å². The molecule has 0 saturated heterocycles. The Morgan fingerprint density at radius 2 is 1.93 bits per heavy atom. The van der Waals surface area contributed by atoms with Crippen molar-refractivity contribution >= 4 is 46.3 Å². The van der Waals surface area contributed by atoms with Crippen LogP contribution in [-0.2, 0) is 9.59 Å². The van der Waals surface area contributed by atoms with Crippen molar-refractivity contribution in [1.29, 1.82) is 0 Å². The van der Waals surface area contributed by atoms with Crippen molar-refractivity contribution in [2.24, 2.45) is 11.0 Å². The molecule has 1 unspecified atom stereocenters. The number of carbonyl (C=O) groups is 2. The summed E-state index contributed by atoms with van der Waals surface area (Å²) in [7, 11) is 1.55.